The molecule has 0 atom stereocenters. The predicted octanol–water partition coefficient (Wildman–Crippen LogP) is 3.67. The Morgan fingerprint density at radius 3 is 2.67 bits per heavy atom. The Labute approximate surface area is 122 Å². The molecular formula is C10H8BrClN2O2S2. The first-order chi connectivity index (χ1) is 8.38. The highest BCUT2D eigenvalue weighted by Gasteiger charge is 2.18. The fourth-order valence-corrected chi connectivity index (χ4v) is 4.14. The number of thiophene rings is 1. The van der Waals surface area contributed by atoms with Gasteiger partial charge in [0.05, 0.1) is 4.34 Å². The molecule has 0 unspecified atom stereocenters. The molecule has 2 aromatic heterocycles. The zero-order chi connectivity index (χ0) is 13.3. The molecule has 0 spiro atoms. The molecule has 18 heavy (non-hydrogen) atoms. The Hall–Kier alpha value is -0.630. The van der Waals surface area contributed by atoms with Crippen LogP contribution in [0.4, 0.5) is 5.82 Å². The number of pyridine rings is 1. The molecule has 0 bridgehead atoms. The molecular weight excluding hydrogens is 360 g/mol. The van der Waals surface area contributed by atoms with Crippen LogP contribution in [0.25, 0.3) is 0 Å². The molecule has 0 saturated carbocycles. The number of nitrogens with zero attached hydrogens (tertiary/aromatic N) is 1. The summed E-state index contributed by atoms with van der Waals surface area (Å²) in [7, 11) is -3.62. The predicted molar refractivity (Wildman–Crippen MR) is 76.8 cm³/mol. The van der Waals surface area contributed by atoms with Crippen molar-refractivity contribution in [3.8, 4) is 0 Å². The molecule has 4 nitrogen and oxygen atoms in total. The van der Waals surface area contributed by atoms with Gasteiger partial charge in [0.1, 0.15) is 10.0 Å². The Morgan fingerprint density at radius 1 is 1.44 bits per heavy atom. The summed E-state index contributed by atoms with van der Waals surface area (Å²) in [6.45, 7) is 1.76. The van der Waals surface area contributed by atoms with E-state index in [9.17, 15) is 8.42 Å². The standard InChI is InChI=1S/C10H8BrClN2O2S2/c1-6-4-9(17-10(6)12)18(15,16)14-8-3-2-7(11)5-13-8/h2-5H,1H3,(H,13,14). The van der Waals surface area contributed by atoms with Crippen molar-refractivity contribution in [2.24, 2.45) is 0 Å². The first-order valence-corrected chi connectivity index (χ1v) is 8.26. The lowest BCUT2D eigenvalue weighted by Crippen LogP contribution is -2.12. The van der Waals surface area contributed by atoms with E-state index in [1.807, 2.05) is 0 Å². The minimum Gasteiger partial charge on any atom is -0.263 e. The van der Waals surface area contributed by atoms with E-state index in [1.165, 1.54) is 12.3 Å². The summed E-state index contributed by atoms with van der Waals surface area (Å²) < 4.78 is 27.9. The molecule has 0 fully saturated rings. The first kappa shape index (κ1) is 13.8. The zero-order valence-electron chi connectivity index (χ0n) is 9.15. The SMILES string of the molecule is Cc1cc(S(=O)(=O)Nc2ccc(Br)cn2)sc1Cl. The van der Waals surface area contributed by atoms with E-state index in [0.717, 1.165) is 21.4 Å². The quantitative estimate of drug-likeness (QED) is 0.900. The number of hydrogen-bond acceptors (Lipinski definition) is 4. The molecule has 0 amide bonds. The Morgan fingerprint density at radius 2 is 2.17 bits per heavy atom. The molecule has 96 valence electrons. The van der Waals surface area contributed by atoms with Crippen molar-refractivity contribution in [2.75, 3.05) is 4.72 Å². The van der Waals surface area contributed by atoms with Crippen LogP contribution in [0.5, 0.6) is 0 Å². The van der Waals surface area contributed by atoms with E-state index in [4.69, 9.17) is 11.6 Å². The van der Waals surface area contributed by atoms with E-state index in [0.29, 0.717) is 4.34 Å². The van der Waals surface area contributed by atoms with Crippen molar-refractivity contribution in [1.82, 2.24) is 4.98 Å². The summed E-state index contributed by atoms with van der Waals surface area (Å²) in [5.41, 5.74) is 0.741. The van der Waals surface area contributed by atoms with E-state index in [2.05, 4.69) is 25.6 Å². The van der Waals surface area contributed by atoms with Crippen LogP contribution in [-0.2, 0) is 10.0 Å². The van der Waals surface area contributed by atoms with Gasteiger partial charge < -0.3 is 0 Å². The Balaban J connectivity index is 2.29. The van der Waals surface area contributed by atoms with E-state index < -0.39 is 10.0 Å². The molecule has 2 aromatic rings. The van der Waals surface area contributed by atoms with Crippen LogP contribution >= 0.6 is 38.9 Å². The number of nitrogens with one attached hydrogen (secondary N) is 1. The maximum absolute atomic E-state index is 12.0. The maximum atomic E-state index is 12.0. The van der Waals surface area contributed by atoms with Crippen molar-refractivity contribution < 1.29 is 8.42 Å². The topological polar surface area (TPSA) is 59.1 Å². The molecule has 2 rings (SSSR count). The number of aryl methyl sites for hydroxylation is 1. The van der Waals surface area contributed by atoms with Gasteiger partial charge in [-0.1, -0.05) is 11.6 Å². The van der Waals surface area contributed by atoms with Crippen LogP contribution in [-0.4, -0.2) is 13.4 Å². The Kier molecular flexibility index (Phi) is 3.96. The second-order valence-corrected chi connectivity index (χ2v) is 7.97. The normalized spacial score (nSPS) is 11.5. The van der Waals surface area contributed by atoms with Crippen LogP contribution in [0.3, 0.4) is 0 Å². The van der Waals surface area contributed by atoms with Gasteiger partial charge in [-0.25, -0.2) is 13.4 Å². The number of aromatic nitrogens is 1. The van der Waals surface area contributed by atoms with Crippen LogP contribution in [0, 0.1) is 6.92 Å². The third-order valence-corrected chi connectivity index (χ3v) is 5.92. The van der Waals surface area contributed by atoms with Crippen molar-refractivity contribution in [3.63, 3.8) is 0 Å². The number of sulfonamides is 1. The van der Waals surface area contributed by atoms with Crippen LogP contribution < -0.4 is 4.72 Å². The molecule has 1 N–H and O–H groups in total. The third kappa shape index (κ3) is 3.03. The summed E-state index contributed by atoms with van der Waals surface area (Å²) >= 11 is 10.1. The van der Waals surface area contributed by atoms with Crippen LogP contribution in [0.15, 0.2) is 33.1 Å². The Bertz CT molecular complexity index is 648. The summed E-state index contributed by atoms with van der Waals surface area (Å²) in [5.74, 6) is 0.264. The minimum absolute atomic E-state index is 0.176. The summed E-state index contributed by atoms with van der Waals surface area (Å²) in [5, 5.41) is 0. The van der Waals surface area contributed by atoms with E-state index in [1.54, 1.807) is 19.1 Å². The number of halogens is 2. The summed E-state index contributed by atoms with van der Waals surface area (Å²) in [6, 6.07) is 4.81. The maximum Gasteiger partial charge on any atom is 0.272 e. The molecule has 0 aromatic carbocycles. The molecule has 0 saturated heterocycles. The lowest BCUT2D eigenvalue weighted by Gasteiger charge is -2.04. The number of anilines is 1. The van der Waals surface area contributed by atoms with E-state index >= 15 is 0 Å². The van der Waals surface area contributed by atoms with Gasteiger partial charge in [-0.3, -0.25) is 4.72 Å². The highest BCUT2D eigenvalue weighted by Crippen LogP contribution is 2.31. The lowest BCUT2D eigenvalue weighted by molar-refractivity contribution is 0.603. The van der Waals surface area contributed by atoms with Crippen molar-refractivity contribution >= 4 is 54.7 Å². The summed E-state index contributed by atoms with van der Waals surface area (Å²) in [4.78, 5) is 3.95. The average Bonchev–Trinajstić information content (AvgIpc) is 2.63. The van der Waals surface area contributed by atoms with Crippen molar-refractivity contribution in [1.29, 1.82) is 0 Å². The van der Waals surface area contributed by atoms with Gasteiger partial charge in [0.15, 0.2) is 0 Å². The number of rotatable bonds is 3. The third-order valence-electron chi connectivity index (χ3n) is 2.07. The highest BCUT2D eigenvalue weighted by atomic mass is 79.9. The second-order valence-electron chi connectivity index (χ2n) is 3.49. The second kappa shape index (κ2) is 5.16. The van der Waals surface area contributed by atoms with E-state index in [-0.39, 0.29) is 10.0 Å². The summed E-state index contributed by atoms with van der Waals surface area (Å²) in [6.07, 6.45) is 1.52. The molecule has 8 heteroatoms. The lowest BCUT2D eigenvalue weighted by atomic mass is 10.4. The van der Waals surface area contributed by atoms with Crippen LogP contribution in [0.1, 0.15) is 5.56 Å². The van der Waals surface area contributed by atoms with Gasteiger partial charge in [-0.05, 0) is 46.6 Å². The van der Waals surface area contributed by atoms with Gasteiger partial charge in [0.2, 0.25) is 0 Å². The van der Waals surface area contributed by atoms with Gasteiger partial charge in [-0.15, -0.1) is 11.3 Å². The molecule has 0 aliphatic heterocycles. The van der Waals surface area contributed by atoms with Gasteiger partial charge in [0, 0.05) is 10.7 Å². The smallest absolute Gasteiger partial charge is 0.263 e. The fourth-order valence-electron chi connectivity index (χ4n) is 1.19. The van der Waals surface area contributed by atoms with Gasteiger partial charge >= 0.3 is 0 Å². The first-order valence-electron chi connectivity index (χ1n) is 4.79. The van der Waals surface area contributed by atoms with Gasteiger partial charge in [-0.2, -0.15) is 0 Å². The van der Waals surface area contributed by atoms with Gasteiger partial charge in [0.25, 0.3) is 10.0 Å². The average molecular weight is 368 g/mol. The monoisotopic (exact) mass is 366 g/mol. The molecule has 0 aliphatic rings. The molecule has 0 aliphatic carbocycles. The molecule has 0 radical (unpaired) electrons. The minimum atomic E-state index is -3.62. The molecule has 2 heterocycles. The van der Waals surface area contributed by atoms with Crippen molar-refractivity contribution in [2.45, 2.75) is 11.1 Å². The fraction of sp³-hybridized carbons (Fsp3) is 0.100. The van der Waals surface area contributed by atoms with Crippen molar-refractivity contribution in [3.05, 3.63) is 38.8 Å². The number of hydrogen-bond donors (Lipinski definition) is 1. The zero-order valence-corrected chi connectivity index (χ0v) is 13.1. The largest absolute Gasteiger partial charge is 0.272 e. The highest BCUT2D eigenvalue weighted by molar-refractivity contribution is 9.10. The van der Waals surface area contributed by atoms with Crippen LogP contribution in [0.2, 0.25) is 4.34 Å².